The highest BCUT2D eigenvalue weighted by Gasteiger charge is 2.41. The Bertz CT molecular complexity index is 1120. The van der Waals surface area contributed by atoms with Crippen molar-refractivity contribution < 1.29 is 27.5 Å². The van der Waals surface area contributed by atoms with Crippen molar-refractivity contribution in [2.45, 2.75) is 25.8 Å². The maximum atomic E-state index is 13.9. The molecule has 0 radical (unpaired) electrons. The van der Waals surface area contributed by atoms with Crippen LogP contribution in [0.25, 0.3) is 10.9 Å². The Morgan fingerprint density at radius 3 is 2.64 bits per heavy atom. The van der Waals surface area contributed by atoms with Gasteiger partial charge in [-0.05, 0) is 30.2 Å². The molecular formula is C19H13F4N3O2. The zero-order valence-electron chi connectivity index (χ0n) is 14.5. The van der Waals surface area contributed by atoms with Crippen LogP contribution in [0.5, 0.6) is 0 Å². The van der Waals surface area contributed by atoms with E-state index in [-0.39, 0.29) is 17.4 Å². The molecule has 0 saturated heterocycles. The number of aromatic nitrogens is 2. The molecular weight excluding hydrogens is 378 g/mol. The summed E-state index contributed by atoms with van der Waals surface area (Å²) >= 11 is 0. The minimum atomic E-state index is -4.19. The maximum absolute atomic E-state index is 13.9. The molecule has 0 unspecified atom stereocenters. The highest BCUT2D eigenvalue weighted by molar-refractivity contribution is 5.85. The van der Waals surface area contributed by atoms with Gasteiger partial charge in [0.15, 0.2) is 0 Å². The second-order valence-electron chi connectivity index (χ2n) is 6.17. The molecule has 1 heterocycles. The van der Waals surface area contributed by atoms with E-state index < -0.39 is 29.6 Å². The maximum Gasteiger partial charge on any atom is 0.379 e. The SMILES string of the molecule is Cc1cccc(C#N)c1Cn1nc(C(F)F)c2ccc(C(F)(F)C(=O)O)cc21. The van der Waals surface area contributed by atoms with Crippen LogP contribution in [0.3, 0.4) is 0 Å². The standard InChI is InChI=1S/C19H13F4N3O2/c1-10-3-2-4-11(8-24)14(10)9-26-15-7-12(19(22,23)18(27)28)5-6-13(15)16(25-26)17(20)21/h2-7,17H,9H2,1H3,(H,27,28). The number of carboxylic acid groups (broad SMARTS) is 1. The van der Waals surface area contributed by atoms with Gasteiger partial charge in [-0.15, -0.1) is 0 Å². The van der Waals surface area contributed by atoms with Crippen molar-refractivity contribution >= 4 is 16.9 Å². The molecule has 9 heteroatoms. The molecule has 0 aliphatic carbocycles. The quantitative estimate of drug-likeness (QED) is 0.655. The van der Waals surface area contributed by atoms with E-state index in [4.69, 9.17) is 5.11 Å². The molecule has 1 aromatic heterocycles. The minimum Gasteiger partial charge on any atom is -0.477 e. The fraction of sp³-hybridized carbons (Fsp3) is 0.211. The summed E-state index contributed by atoms with van der Waals surface area (Å²) < 4.78 is 55.6. The Balaban J connectivity index is 2.22. The molecule has 0 atom stereocenters. The predicted octanol–water partition coefficient (Wildman–Crippen LogP) is 4.38. The number of aliphatic carboxylic acids is 1. The molecule has 144 valence electrons. The number of aryl methyl sites for hydroxylation is 1. The van der Waals surface area contributed by atoms with Crippen LogP contribution in [-0.2, 0) is 17.3 Å². The van der Waals surface area contributed by atoms with Crippen LogP contribution in [0.4, 0.5) is 17.6 Å². The molecule has 2 aromatic carbocycles. The molecule has 0 bridgehead atoms. The number of rotatable bonds is 5. The smallest absolute Gasteiger partial charge is 0.379 e. The average Bonchev–Trinajstić information content (AvgIpc) is 3.01. The highest BCUT2D eigenvalue weighted by Crippen LogP contribution is 2.34. The lowest BCUT2D eigenvalue weighted by Crippen LogP contribution is -2.25. The van der Waals surface area contributed by atoms with E-state index in [1.807, 2.05) is 6.07 Å². The number of alkyl halides is 4. The van der Waals surface area contributed by atoms with E-state index in [1.165, 1.54) is 0 Å². The highest BCUT2D eigenvalue weighted by atomic mass is 19.3. The number of hydrogen-bond acceptors (Lipinski definition) is 3. The summed E-state index contributed by atoms with van der Waals surface area (Å²) in [4.78, 5) is 10.8. The summed E-state index contributed by atoms with van der Waals surface area (Å²) in [5.74, 6) is -6.54. The van der Waals surface area contributed by atoms with E-state index in [0.29, 0.717) is 16.7 Å². The van der Waals surface area contributed by atoms with Gasteiger partial charge in [-0.1, -0.05) is 24.3 Å². The summed E-state index contributed by atoms with van der Waals surface area (Å²) in [6, 6.07) is 9.57. The normalized spacial score (nSPS) is 11.8. The number of nitriles is 1. The monoisotopic (exact) mass is 391 g/mol. The Labute approximate surface area is 156 Å². The Morgan fingerprint density at radius 1 is 1.32 bits per heavy atom. The lowest BCUT2D eigenvalue weighted by molar-refractivity contribution is -0.166. The van der Waals surface area contributed by atoms with Gasteiger partial charge < -0.3 is 5.11 Å². The number of carbonyl (C=O) groups is 1. The first-order chi connectivity index (χ1) is 13.2. The van der Waals surface area contributed by atoms with Gasteiger partial charge in [0, 0.05) is 10.9 Å². The van der Waals surface area contributed by atoms with Crippen molar-refractivity contribution in [3.8, 4) is 6.07 Å². The van der Waals surface area contributed by atoms with E-state index in [9.17, 15) is 27.6 Å². The first-order valence-corrected chi connectivity index (χ1v) is 8.05. The summed E-state index contributed by atoms with van der Waals surface area (Å²) in [6.07, 6.45) is -2.96. The van der Waals surface area contributed by atoms with Gasteiger partial charge in [-0.25, -0.2) is 13.6 Å². The number of hydrogen-bond donors (Lipinski definition) is 1. The van der Waals surface area contributed by atoms with Gasteiger partial charge in [-0.3, -0.25) is 4.68 Å². The topological polar surface area (TPSA) is 78.9 Å². The molecule has 28 heavy (non-hydrogen) atoms. The van der Waals surface area contributed by atoms with E-state index in [0.717, 1.165) is 22.9 Å². The molecule has 0 amide bonds. The van der Waals surface area contributed by atoms with Gasteiger partial charge in [0.2, 0.25) is 0 Å². The number of fused-ring (bicyclic) bond motifs is 1. The van der Waals surface area contributed by atoms with Crippen LogP contribution in [0.15, 0.2) is 36.4 Å². The molecule has 5 nitrogen and oxygen atoms in total. The molecule has 1 N–H and O–H groups in total. The van der Waals surface area contributed by atoms with Gasteiger partial charge in [-0.2, -0.15) is 19.1 Å². The van der Waals surface area contributed by atoms with Crippen LogP contribution < -0.4 is 0 Å². The van der Waals surface area contributed by atoms with Crippen molar-refractivity contribution in [3.05, 3.63) is 64.3 Å². The van der Waals surface area contributed by atoms with Gasteiger partial charge >= 0.3 is 11.9 Å². The Morgan fingerprint density at radius 2 is 2.04 bits per heavy atom. The number of nitrogens with zero attached hydrogens (tertiary/aromatic N) is 3. The summed E-state index contributed by atoms with van der Waals surface area (Å²) in [5, 5.41) is 21.8. The number of benzene rings is 2. The van der Waals surface area contributed by atoms with Crippen molar-refractivity contribution in [1.29, 1.82) is 5.26 Å². The van der Waals surface area contributed by atoms with Crippen molar-refractivity contribution in [2.75, 3.05) is 0 Å². The first-order valence-electron chi connectivity index (χ1n) is 8.05. The molecule has 3 aromatic rings. The lowest BCUT2D eigenvalue weighted by Gasteiger charge is -2.13. The third-order valence-electron chi connectivity index (χ3n) is 4.46. The Kier molecular flexibility index (Phi) is 4.81. The van der Waals surface area contributed by atoms with Crippen molar-refractivity contribution in [3.63, 3.8) is 0 Å². The summed E-state index contributed by atoms with van der Waals surface area (Å²) in [7, 11) is 0. The van der Waals surface area contributed by atoms with Gasteiger partial charge in [0.1, 0.15) is 5.69 Å². The van der Waals surface area contributed by atoms with Crippen LogP contribution in [0, 0.1) is 18.3 Å². The van der Waals surface area contributed by atoms with E-state index >= 15 is 0 Å². The fourth-order valence-electron chi connectivity index (χ4n) is 2.97. The second kappa shape index (κ2) is 6.96. The molecule has 0 fully saturated rings. The molecule has 3 rings (SSSR count). The summed E-state index contributed by atoms with van der Waals surface area (Å²) in [5.41, 5.74) is -0.0129. The molecule has 0 aliphatic rings. The lowest BCUT2D eigenvalue weighted by atomic mass is 10.0. The Hall–Kier alpha value is -3.41. The summed E-state index contributed by atoms with van der Waals surface area (Å²) in [6.45, 7) is 1.61. The molecule has 0 spiro atoms. The number of halogens is 4. The van der Waals surface area contributed by atoms with Crippen molar-refractivity contribution in [2.24, 2.45) is 0 Å². The third kappa shape index (κ3) is 3.17. The van der Waals surface area contributed by atoms with Crippen LogP contribution in [-0.4, -0.2) is 20.9 Å². The average molecular weight is 391 g/mol. The van der Waals surface area contributed by atoms with Crippen LogP contribution >= 0.6 is 0 Å². The van der Waals surface area contributed by atoms with E-state index in [2.05, 4.69) is 5.10 Å². The fourth-order valence-corrected chi connectivity index (χ4v) is 2.97. The largest absolute Gasteiger partial charge is 0.477 e. The van der Waals surface area contributed by atoms with Crippen LogP contribution in [0.1, 0.15) is 34.4 Å². The van der Waals surface area contributed by atoms with Crippen molar-refractivity contribution in [1.82, 2.24) is 9.78 Å². The number of carboxylic acids is 1. The predicted molar refractivity (Wildman–Crippen MR) is 91.2 cm³/mol. The third-order valence-corrected chi connectivity index (χ3v) is 4.46. The van der Waals surface area contributed by atoms with Gasteiger partial charge in [0.05, 0.1) is 23.7 Å². The van der Waals surface area contributed by atoms with E-state index in [1.54, 1.807) is 25.1 Å². The minimum absolute atomic E-state index is 0.0629. The zero-order valence-corrected chi connectivity index (χ0v) is 14.5. The van der Waals surface area contributed by atoms with Crippen LogP contribution in [0.2, 0.25) is 0 Å². The molecule has 0 saturated carbocycles. The second-order valence-corrected chi connectivity index (χ2v) is 6.17. The van der Waals surface area contributed by atoms with Gasteiger partial charge in [0.25, 0.3) is 6.43 Å². The molecule has 0 aliphatic heterocycles. The first kappa shape index (κ1) is 19.4. The zero-order chi connectivity index (χ0) is 20.6.